The van der Waals surface area contributed by atoms with E-state index in [4.69, 9.17) is 21.1 Å². The summed E-state index contributed by atoms with van der Waals surface area (Å²) in [6, 6.07) is 6.88. The number of ether oxygens (including phenoxy) is 2. The van der Waals surface area contributed by atoms with Crippen LogP contribution in [-0.4, -0.2) is 50.6 Å². The number of nitrogens with zero attached hydrogens (tertiary/aromatic N) is 5. The minimum atomic E-state index is -4.69. The van der Waals surface area contributed by atoms with Gasteiger partial charge in [0.15, 0.2) is 12.3 Å². The SMILES string of the molecule is CC(C)N(C(=O)COc1nnc(C(F)(F)F)s1)c1ccc(F)cc1.CC(C)OC(=O)c1cc(-c2nn(C)c(C(F)(F)F)c2Br)c(F)cc1Cl. The number of hydrogen-bond acceptors (Lipinski definition) is 8. The molecule has 20 heteroatoms. The standard InChI is InChI=1S/C15H12BrClF4N2O2.C14H13F4N3O2S/c1-6(2)25-14(24)7-4-8(10(18)5-9(7)17)12-11(16)13(15(19,20)21)23(3)22-12;1-8(2)21(10-5-3-9(15)4-6-10)11(22)7-23-13-20-19-12(24-13)14(16,17)18/h4-6H,1-3H3;3-6,8H,7H2,1-2H3. The van der Waals surface area contributed by atoms with Crippen molar-refractivity contribution in [1.82, 2.24) is 20.0 Å². The van der Waals surface area contributed by atoms with Crippen LogP contribution in [0.3, 0.4) is 0 Å². The van der Waals surface area contributed by atoms with E-state index in [0.29, 0.717) is 10.4 Å². The fraction of sp³-hybridized carbons (Fsp3) is 0.345. The Bertz CT molecular complexity index is 1800. The van der Waals surface area contributed by atoms with Gasteiger partial charge in [-0.3, -0.25) is 9.48 Å². The van der Waals surface area contributed by atoms with Gasteiger partial charge in [-0.2, -0.15) is 31.4 Å². The van der Waals surface area contributed by atoms with Crippen molar-refractivity contribution < 1.29 is 54.2 Å². The first-order chi connectivity index (χ1) is 22.6. The number of alkyl halides is 6. The maximum Gasteiger partial charge on any atom is 0.445 e. The van der Waals surface area contributed by atoms with E-state index in [1.807, 2.05) is 0 Å². The minimum Gasteiger partial charge on any atom is -0.459 e. The summed E-state index contributed by atoms with van der Waals surface area (Å²) in [5, 5.41) is 8.22. The monoisotopic (exact) mass is 805 g/mol. The van der Waals surface area contributed by atoms with Crippen molar-refractivity contribution in [1.29, 1.82) is 0 Å². The molecule has 2 heterocycles. The summed E-state index contributed by atoms with van der Waals surface area (Å²) in [5.74, 6) is -2.68. The van der Waals surface area contributed by atoms with Gasteiger partial charge in [-0.25, -0.2) is 13.6 Å². The van der Waals surface area contributed by atoms with Gasteiger partial charge in [-0.05, 0) is 80.0 Å². The third kappa shape index (κ3) is 10.1. The van der Waals surface area contributed by atoms with Gasteiger partial charge in [-0.15, -0.1) is 5.10 Å². The van der Waals surface area contributed by atoms with Gasteiger partial charge in [0.05, 0.1) is 21.2 Å². The molecule has 0 saturated carbocycles. The van der Waals surface area contributed by atoms with Gasteiger partial charge in [0.2, 0.25) is 5.01 Å². The highest BCUT2D eigenvalue weighted by molar-refractivity contribution is 9.10. The van der Waals surface area contributed by atoms with Gasteiger partial charge in [0.25, 0.3) is 11.1 Å². The number of carbonyl (C=O) groups excluding carboxylic acids is 2. The van der Waals surface area contributed by atoms with Crippen molar-refractivity contribution in [3.8, 4) is 16.5 Å². The summed E-state index contributed by atoms with van der Waals surface area (Å²) in [6.45, 7) is 6.20. The first kappa shape index (κ1) is 39.6. The number of halogens is 10. The molecule has 0 fully saturated rings. The van der Waals surface area contributed by atoms with Crippen molar-refractivity contribution in [3.05, 3.63) is 73.8 Å². The first-order valence-corrected chi connectivity index (χ1v) is 15.7. The molecule has 0 spiro atoms. The lowest BCUT2D eigenvalue weighted by Gasteiger charge is -2.26. The van der Waals surface area contributed by atoms with Crippen LogP contribution < -0.4 is 9.64 Å². The van der Waals surface area contributed by atoms with Gasteiger partial charge >= 0.3 is 18.3 Å². The van der Waals surface area contributed by atoms with Crippen LogP contribution in [0.1, 0.15) is 48.8 Å². The lowest BCUT2D eigenvalue weighted by atomic mass is 10.1. The molecular formula is C29H25BrClF8N5O4S. The van der Waals surface area contributed by atoms with Gasteiger partial charge < -0.3 is 14.4 Å². The Kier molecular flexibility index (Phi) is 12.8. The van der Waals surface area contributed by atoms with Crippen LogP contribution in [0.2, 0.25) is 5.02 Å². The number of aromatic nitrogens is 4. The summed E-state index contributed by atoms with van der Waals surface area (Å²) in [7, 11) is 1.08. The van der Waals surface area contributed by atoms with E-state index >= 15 is 0 Å². The van der Waals surface area contributed by atoms with Crippen molar-refractivity contribution in [2.45, 2.75) is 52.2 Å². The molecule has 0 unspecified atom stereocenters. The number of rotatable bonds is 8. The number of hydrogen-bond donors (Lipinski definition) is 0. The number of carbonyl (C=O) groups is 2. The molecule has 266 valence electrons. The van der Waals surface area contributed by atoms with Gasteiger partial charge in [0.1, 0.15) is 17.3 Å². The van der Waals surface area contributed by atoms with Gasteiger partial charge in [-0.1, -0.05) is 28.0 Å². The zero-order valence-corrected chi connectivity index (χ0v) is 29.0. The first-order valence-electron chi connectivity index (χ1n) is 13.7. The molecule has 2 aromatic heterocycles. The highest BCUT2D eigenvalue weighted by atomic mass is 79.9. The molecule has 0 bridgehead atoms. The predicted octanol–water partition coefficient (Wildman–Crippen LogP) is 8.74. The third-order valence-electron chi connectivity index (χ3n) is 5.99. The summed E-state index contributed by atoms with van der Waals surface area (Å²) in [6.07, 6.45) is -9.75. The topological polar surface area (TPSA) is 99.4 Å². The van der Waals surface area contributed by atoms with E-state index < -0.39 is 63.7 Å². The Labute approximate surface area is 290 Å². The normalized spacial score (nSPS) is 11.8. The number of amides is 1. The Morgan fingerprint density at radius 2 is 1.61 bits per heavy atom. The smallest absolute Gasteiger partial charge is 0.445 e. The molecule has 0 saturated heterocycles. The van der Waals surface area contributed by atoms with Crippen molar-refractivity contribution in [3.63, 3.8) is 0 Å². The van der Waals surface area contributed by atoms with E-state index in [0.717, 1.165) is 19.2 Å². The second-order valence-electron chi connectivity index (χ2n) is 10.4. The fourth-order valence-corrected chi connectivity index (χ4v) is 5.61. The molecule has 1 amide bonds. The van der Waals surface area contributed by atoms with Crippen LogP contribution in [0.4, 0.5) is 40.8 Å². The number of benzene rings is 2. The fourth-order valence-electron chi connectivity index (χ4n) is 4.05. The van der Waals surface area contributed by atoms with Crippen molar-refractivity contribution >= 4 is 56.4 Å². The molecule has 0 aliphatic rings. The molecule has 4 rings (SSSR count). The van der Waals surface area contributed by atoms with E-state index in [2.05, 4.69) is 31.2 Å². The second kappa shape index (κ2) is 15.8. The second-order valence-corrected chi connectivity index (χ2v) is 12.5. The molecule has 0 aliphatic heterocycles. The Morgan fingerprint density at radius 3 is 2.10 bits per heavy atom. The number of anilines is 1. The largest absolute Gasteiger partial charge is 0.459 e. The maximum atomic E-state index is 14.3. The van der Waals surface area contributed by atoms with Crippen molar-refractivity contribution in [2.75, 3.05) is 11.5 Å². The average Bonchev–Trinajstić information content (AvgIpc) is 3.57. The Morgan fingerprint density at radius 1 is 1.00 bits per heavy atom. The highest BCUT2D eigenvalue weighted by Crippen LogP contribution is 2.41. The lowest BCUT2D eigenvalue weighted by Crippen LogP contribution is -2.40. The quantitative estimate of drug-likeness (QED) is 0.130. The van der Waals surface area contributed by atoms with E-state index in [1.54, 1.807) is 27.7 Å². The molecule has 2 aromatic carbocycles. The Hall–Kier alpha value is -3.84. The number of esters is 1. The number of aryl methyl sites for hydroxylation is 1. The molecule has 4 aromatic rings. The molecule has 49 heavy (non-hydrogen) atoms. The predicted molar refractivity (Wildman–Crippen MR) is 166 cm³/mol. The summed E-state index contributed by atoms with van der Waals surface area (Å²) in [4.78, 5) is 25.7. The van der Waals surface area contributed by atoms with Crippen LogP contribution in [-0.2, 0) is 28.9 Å². The molecule has 0 atom stereocenters. The highest BCUT2D eigenvalue weighted by Gasteiger charge is 2.39. The zero-order chi connectivity index (χ0) is 37.0. The molecule has 9 nitrogen and oxygen atoms in total. The lowest BCUT2D eigenvalue weighted by molar-refractivity contribution is -0.144. The van der Waals surface area contributed by atoms with Crippen LogP contribution in [0, 0.1) is 11.6 Å². The van der Waals surface area contributed by atoms with E-state index in [1.165, 1.54) is 29.2 Å². The summed E-state index contributed by atoms with van der Waals surface area (Å²) >= 11 is 8.88. The minimum absolute atomic E-state index is 0.169. The average molecular weight is 807 g/mol. The van der Waals surface area contributed by atoms with E-state index in [-0.39, 0.29) is 44.4 Å². The molecule has 0 aliphatic carbocycles. The van der Waals surface area contributed by atoms with Crippen LogP contribution in [0.5, 0.6) is 5.19 Å². The molecular weight excluding hydrogens is 782 g/mol. The summed E-state index contributed by atoms with van der Waals surface area (Å²) < 4.78 is 114. The van der Waals surface area contributed by atoms with Crippen LogP contribution >= 0.6 is 38.9 Å². The molecule has 0 N–H and O–H groups in total. The zero-order valence-electron chi connectivity index (χ0n) is 25.9. The Balaban J connectivity index is 0.000000266. The van der Waals surface area contributed by atoms with E-state index in [9.17, 15) is 44.7 Å². The maximum absolute atomic E-state index is 14.3. The summed E-state index contributed by atoms with van der Waals surface area (Å²) in [5.41, 5.74) is -1.41. The van der Waals surface area contributed by atoms with Crippen molar-refractivity contribution in [2.24, 2.45) is 7.05 Å². The third-order valence-corrected chi connectivity index (χ3v) is 7.93. The van der Waals surface area contributed by atoms with Crippen LogP contribution in [0.15, 0.2) is 40.9 Å². The molecule has 0 radical (unpaired) electrons. The van der Waals surface area contributed by atoms with Gasteiger partial charge in [0, 0.05) is 24.3 Å². The van der Waals surface area contributed by atoms with Crippen LogP contribution in [0.25, 0.3) is 11.3 Å².